The average Bonchev–Trinajstić information content (AvgIpc) is 3.56. The highest BCUT2D eigenvalue weighted by Crippen LogP contribution is 2.40. The lowest BCUT2D eigenvalue weighted by Gasteiger charge is -2.36. The van der Waals surface area contributed by atoms with Crippen LogP contribution in [0.25, 0.3) is 10.9 Å². The fourth-order valence-corrected chi connectivity index (χ4v) is 5.01. The fraction of sp³-hybridized carbons (Fsp3) is 0.423. The van der Waals surface area contributed by atoms with Gasteiger partial charge >= 0.3 is 6.09 Å². The first-order valence-corrected chi connectivity index (χ1v) is 12.1. The molecule has 172 valence electrons. The predicted octanol–water partition coefficient (Wildman–Crippen LogP) is 5.48. The largest absolute Gasteiger partial charge is 0.491 e. The number of benzene rings is 2. The zero-order valence-electron chi connectivity index (χ0n) is 18.4. The van der Waals surface area contributed by atoms with Gasteiger partial charge in [0.25, 0.3) is 0 Å². The van der Waals surface area contributed by atoms with Crippen LogP contribution in [0.1, 0.15) is 42.1 Å². The standard InChI is InChI=1S/C26H27ClN2O4/c27-18-6-9-23-22(12-18)21-10-11-29(26(30)33-13-16-2-1-3-16)25(24(21)28-23)17-4-7-19(8-5-17)31-14-20-15-32-20/h4-9,12,16,20,25,28H,1-3,10-11,13-15H2/t20-,25+/m1/s1. The summed E-state index contributed by atoms with van der Waals surface area (Å²) in [6, 6.07) is 13.6. The van der Waals surface area contributed by atoms with Gasteiger partial charge in [-0.15, -0.1) is 0 Å². The van der Waals surface area contributed by atoms with Gasteiger partial charge < -0.3 is 19.2 Å². The van der Waals surface area contributed by atoms with E-state index in [1.807, 2.05) is 47.4 Å². The number of amides is 1. The molecule has 1 amide bonds. The number of carbonyl (C=O) groups excluding carboxylic acids is 1. The molecule has 2 atom stereocenters. The lowest BCUT2D eigenvalue weighted by atomic mass is 9.86. The second-order valence-corrected chi connectivity index (χ2v) is 9.70. The Morgan fingerprint density at radius 1 is 1.15 bits per heavy atom. The molecule has 0 spiro atoms. The van der Waals surface area contributed by atoms with Gasteiger partial charge in [-0.2, -0.15) is 0 Å². The molecule has 1 aliphatic carbocycles. The van der Waals surface area contributed by atoms with Crippen molar-refractivity contribution in [2.75, 3.05) is 26.4 Å². The van der Waals surface area contributed by atoms with Crippen molar-refractivity contribution >= 4 is 28.6 Å². The molecule has 2 fully saturated rings. The van der Waals surface area contributed by atoms with Crippen molar-refractivity contribution in [3.05, 3.63) is 64.3 Å². The minimum absolute atomic E-state index is 0.213. The molecule has 1 N–H and O–H groups in total. The maximum atomic E-state index is 13.2. The van der Waals surface area contributed by atoms with E-state index in [2.05, 4.69) is 4.98 Å². The fourth-order valence-electron chi connectivity index (χ4n) is 4.84. The first-order valence-electron chi connectivity index (χ1n) is 11.7. The summed E-state index contributed by atoms with van der Waals surface area (Å²) in [5.41, 5.74) is 4.29. The van der Waals surface area contributed by atoms with Crippen molar-refractivity contribution in [3.63, 3.8) is 0 Å². The van der Waals surface area contributed by atoms with E-state index in [4.69, 9.17) is 25.8 Å². The van der Waals surface area contributed by atoms with Crippen LogP contribution in [0.2, 0.25) is 5.02 Å². The number of nitrogens with one attached hydrogen (secondary N) is 1. The third-order valence-corrected chi connectivity index (χ3v) is 7.26. The molecule has 0 unspecified atom stereocenters. The van der Waals surface area contributed by atoms with E-state index >= 15 is 0 Å². The number of hydrogen-bond acceptors (Lipinski definition) is 4. The maximum Gasteiger partial charge on any atom is 0.410 e. The summed E-state index contributed by atoms with van der Waals surface area (Å²) in [5.74, 6) is 1.31. The van der Waals surface area contributed by atoms with Crippen molar-refractivity contribution in [2.24, 2.45) is 5.92 Å². The molecule has 6 rings (SSSR count). The van der Waals surface area contributed by atoms with Gasteiger partial charge in [0.15, 0.2) is 0 Å². The minimum Gasteiger partial charge on any atom is -0.491 e. The molecule has 1 saturated carbocycles. The van der Waals surface area contributed by atoms with Crippen LogP contribution in [-0.2, 0) is 15.9 Å². The molecule has 1 saturated heterocycles. The monoisotopic (exact) mass is 466 g/mol. The molecular weight excluding hydrogens is 440 g/mol. The number of fused-ring (bicyclic) bond motifs is 3. The molecule has 1 aromatic heterocycles. The summed E-state index contributed by atoms with van der Waals surface area (Å²) in [7, 11) is 0. The van der Waals surface area contributed by atoms with E-state index < -0.39 is 0 Å². The van der Waals surface area contributed by atoms with Gasteiger partial charge in [0.05, 0.1) is 13.2 Å². The van der Waals surface area contributed by atoms with Gasteiger partial charge in [0, 0.05) is 28.2 Å². The number of ether oxygens (including phenoxy) is 3. The van der Waals surface area contributed by atoms with Crippen LogP contribution in [0.4, 0.5) is 4.79 Å². The van der Waals surface area contributed by atoms with Crippen LogP contribution in [0.3, 0.4) is 0 Å². The molecule has 33 heavy (non-hydrogen) atoms. The number of aromatic amines is 1. The van der Waals surface area contributed by atoms with Crippen LogP contribution < -0.4 is 4.74 Å². The Balaban J connectivity index is 1.32. The lowest BCUT2D eigenvalue weighted by molar-refractivity contribution is 0.0620. The third kappa shape index (κ3) is 4.18. The maximum absolute atomic E-state index is 13.2. The molecule has 3 heterocycles. The SMILES string of the molecule is O=C(OCC1CCC1)N1CCc2c([nH]c3ccc(Cl)cc23)[C@@H]1c1ccc(OC[C@@H]2CO2)cc1. The van der Waals surface area contributed by atoms with E-state index in [-0.39, 0.29) is 18.2 Å². The van der Waals surface area contributed by atoms with Crippen LogP contribution >= 0.6 is 11.6 Å². The number of hydrogen-bond donors (Lipinski definition) is 1. The number of H-pyrrole nitrogens is 1. The Morgan fingerprint density at radius 2 is 1.97 bits per heavy atom. The summed E-state index contributed by atoms with van der Waals surface area (Å²) < 4.78 is 16.8. The van der Waals surface area contributed by atoms with Gasteiger partial charge in [-0.3, -0.25) is 4.90 Å². The average molecular weight is 467 g/mol. The highest BCUT2D eigenvalue weighted by molar-refractivity contribution is 6.31. The Bertz CT molecular complexity index is 1170. The molecule has 3 aromatic rings. The van der Waals surface area contributed by atoms with Gasteiger partial charge in [0.1, 0.15) is 24.5 Å². The van der Waals surface area contributed by atoms with Crippen LogP contribution in [0.15, 0.2) is 42.5 Å². The molecular formula is C26H27ClN2O4. The van der Waals surface area contributed by atoms with E-state index in [9.17, 15) is 4.79 Å². The number of carbonyl (C=O) groups is 1. The quantitative estimate of drug-likeness (QED) is 0.488. The highest BCUT2D eigenvalue weighted by atomic mass is 35.5. The van der Waals surface area contributed by atoms with Gasteiger partial charge in [-0.05, 0) is 66.6 Å². The Kier molecular flexibility index (Phi) is 5.43. The molecule has 0 bridgehead atoms. The molecule has 6 nitrogen and oxygen atoms in total. The normalized spacial score (nSPS) is 22.0. The first-order chi connectivity index (χ1) is 16.2. The summed E-state index contributed by atoms with van der Waals surface area (Å²) in [6.45, 7) is 2.44. The molecule has 7 heteroatoms. The summed E-state index contributed by atoms with van der Waals surface area (Å²) in [6.07, 6.45) is 4.25. The summed E-state index contributed by atoms with van der Waals surface area (Å²) >= 11 is 6.29. The zero-order chi connectivity index (χ0) is 22.4. The lowest BCUT2D eigenvalue weighted by Crippen LogP contribution is -2.41. The van der Waals surface area contributed by atoms with Crippen molar-refractivity contribution in [1.82, 2.24) is 9.88 Å². The minimum atomic E-state index is -0.255. The zero-order valence-corrected chi connectivity index (χ0v) is 19.1. The Hall–Kier alpha value is -2.70. The van der Waals surface area contributed by atoms with Crippen LogP contribution in [0.5, 0.6) is 5.75 Å². The van der Waals surface area contributed by atoms with E-state index in [0.717, 1.165) is 53.8 Å². The van der Waals surface area contributed by atoms with E-state index in [1.165, 1.54) is 12.0 Å². The number of nitrogens with zero attached hydrogens (tertiary/aromatic N) is 1. The second kappa shape index (κ2) is 8.58. The Labute approximate surface area is 197 Å². The van der Waals surface area contributed by atoms with E-state index in [1.54, 1.807) is 0 Å². The summed E-state index contributed by atoms with van der Waals surface area (Å²) in [4.78, 5) is 18.6. The topological polar surface area (TPSA) is 67.1 Å². The number of epoxide rings is 1. The van der Waals surface area contributed by atoms with Crippen LogP contribution in [-0.4, -0.2) is 48.4 Å². The number of aromatic nitrogens is 1. The Morgan fingerprint density at radius 3 is 2.70 bits per heavy atom. The molecule has 3 aliphatic rings. The van der Waals surface area contributed by atoms with Crippen molar-refractivity contribution in [1.29, 1.82) is 0 Å². The molecule has 0 radical (unpaired) electrons. The van der Waals surface area contributed by atoms with Gasteiger partial charge in [-0.1, -0.05) is 30.2 Å². The van der Waals surface area contributed by atoms with Gasteiger partial charge in [0.2, 0.25) is 0 Å². The summed E-state index contributed by atoms with van der Waals surface area (Å²) in [5, 5.41) is 1.83. The van der Waals surface area contributed by atoms with E-state index in [0.29, 0.717) is 30.7 Å². The smallest absolute Gasteiger partial charge is 0.410 e. The molecule has 2 aliphatic heterocycles. The highest BCUT2D eigenvalue weighted by Gasteiger charge is 2.36. The first kappa shape index (κ1) is 20.9. The molecule has 2 aromatic carbocycles. The number of halogens is 1. The number of rotatable bonds is 6. The predicted molar refractivity (Wildman–Crippen MR) is 126 cm³/mol. The third-order valence-electron chi connectivity index (χ3n) is 7.02. The van der Waals surface area contributed by atoms with Crippen LogP contribution in [0, 0.1) is 5.92 Å². The van der Waals surface area contributed by atoms with Crippen molar-refractivity contribution in [3.8, 4) is 5.75 Å². The van der Waals surface area contributed by atoms with Crippen molar-refractivity contribution in [2.45, 2.75) is 37.8 Å². The van der Waals surface area contributed by atoms with Gasteiger partial charge in [-0.25, -0.2) is 4.79 Å². The van der Waals surface area contributed by atoms with Crippen molar-refractivity contribution < 1.29 is 19.0 Å². The second-order valence-electron chi connectivity index (χ2n) is 9.26.